The number of rotatable bonds is 3. The summed E-state index contributed by atoms with van der Waals surface area (Å²) in [6, 6.07) is 9.36. The van der Waals surface area contributed by atoms with E-state index in [1.807, 2.05) is 30.3 Å². The van der Waals surface area contributed by atoms with Gasteiger partial charge in [-0.1, -0.05) is 29.8 Å². The highest BCUT2D eigenvalue weighted by atomic mass is 35.5. The third kappa shape index (κ3) is 2.36. The van der Waals surface area contributed by atoms with Gasteiger partial charge in [0.1, 0.15) is 0 Å². The molecule has 1 amide bonds. The van der Waals surface area contributed by atoms with Gasteiger partial charge in [0.05, 0.1) is 0 Å². The van der Waals surface area contributed by atoms with E-state index in [0.717, 1.165) is 5.69 Å². The van der Waals surface area contributed by atoms with Crippen LogP contribution in [0.1, 0.15) is 0 Å². The molecule has 3 nitrogen and oxygen atoms in total. The van der Waals surface area contributed by atoms with Gasteiger partial charge in [0, 0.05) is 12.7 Å². The minimum Gasteiger partial charge on any atom is -0.367 e. The van der Waals surface area contributed by atoms with E-state index in [2.05, 4.69) is 0 Å². The van der Waals surface area contributed by atoms with Crippen LogP contribution in [0.3, 0.4) is 0 Å². The topological polar surface area (TPSA) is 46.3 Å². The second kappa shape index (κ2) is 4.14. The molecular formula is C9H11ClN2O. The largest absolute Gasteiger partial charge is 0.367 e. The minimum absolute atomic E-state index is 0.548. The van der Waals surface area contributed by atoms with Gasteiger partial charge >= 0.3 is 0 Å². The summed E-state index contributed by atoms with van der Waals surface area (Å²) in [5, 5.41) is 0. The molecule has 1 rings (SSSR count). The zero-order chi connectivity index (χ0) is 9.84. The number of halogens is 1. The van der Waals surface area contributed by atoms with E-state index in [-0.39, 0.29) is 0 Å². The number of nitrogens with zero attached hydrogens (tertiary/aromatic N) is 1. The van der Waals surface area contributed by atoms with Crippen molar-refractivity contribution in [2.75, 3.05) is 11.9 Å². The van der Waals surface area contributed by atoms with Crippen LogP contribution in [-0.2, 0) is 4.79 Å². The second-order valence-corrected chi connectivity index (χ2v) is 3.10. The lowest BCUT2D eigenvalue weighted by molar-refractivity contribution is -0.117. The van der Waals surface area contributed by atoms with E-state index >= 15 is 0 Å². The summed E-state index contributed by atoms with van der Waals surface area (Å²) >= 11 is 5.75. The van der Waals surface area contributed by atoms with Crippen molar-refractivity contribution in [1.29, 1.82) is 0 Å². The van der Waals surface area contributed by atoms with Crippen molar-refractivity contribution in [2.45, 2.75) is 5.50 Å². The number of benzene rings is 1. The third-order valence-corrected chi connectivity index (χ3v) is 2.25. The van der Waals surface area contributed by atoms with Crippen LogP contribution in [0.2, 0.25) is 0 Å². The lowest BCUT2D eigenvalue weighted by Gasteiger charge is -2.22. The number of carbonyl (C=O) groups is 1. The summed E-state index contributed by atoms with van der Waals surface area (Å²) in [4.78, 5) is 12.4. The van der Waals surface area contributed by atoms with E-state index in [1.165, 1.54) is 0 Å². The minimum atomic E-state index is -0.803. The molecule has 1 atom stereocenters. The van der Waals surface area contributed by atoms with Gasteiger partial charge in [-0.3, -0.25) is 4.79 Å². The molecule has 0 aliphatic heterocycles. The van der Waals surface area contributed by atoms with Gasteiger partial charge in [0.25, 0.3) is 5.91 Å². The summed E-state index contributed by atoms with van der Waals surface area (Å²) in [5.74, 6) is -0.548. The normalized spacial score (nSPS) is 12.2. The fourth-order valence-electron chi connectivity index (χ4n) is 0.985. The number of anilines is 1. The third-order valence-electron chi connectivity index (χ3n) is 1.74. The van der Waals surface area contributed by atoms with E-state index in [0.29, 0.717) is 0 Å². The standard InChI is InChI=1S/C9H11ClN2O/c1-12(8(10)9(11)13)7-5-3-2-4-6-7/h2-6,8H,1H3,(H2,11,13). The molecule has 0 radical (unpaired) electrons. The van der Waals surface area contributed by atoms with Crippen LogP contribution in [0.25, 0.3) is 0 Å². The van der Waals surface area contributed by atoms with Crippen molar-refractivity contribution in [3.8, 4) is 0 Å². The first-order chi connectivity index (χ1) is 6.13. The molecule has 0 fully saturated rings. The summed E-state index contributed by atoms with van der Waals surface area (Å²) < 4.78 is 0. The predicted molar refractivity (Wildman–Crippen MR) is 53.7 cm³/mol. The molecule has 1 aromatic carbocycles. The molecule has 0 aliphatic carbocycles. The number of nitrogens with two attached hydrogens (primary N) is 1. The summed E-state index contributed by atoms with van der Waals surface area (Å²) in [7, 11) is 1.72. The average Bonchev–Trinajstić information content (AvgIpc) is 2.17. The molecule has 0 spiro atoms. The smallest absolute Gasteiger partial charge is 0.255 e. The number of alkyl halides is 1. The van der Waals surface area contributed by atoms with E-state index < -0.39 is 11.4 Å². The molecular weight excluding hydrogens is 188 g/mol. The monoisotopic (exact) mass is 198 g/mol. The zero-order valence-corrected chi connectivity index (χ0v) is 8.03. The summed E-state index contributed by atoms with van der Waals surface area (Å²) in [5.41, 5.74) is 5.12. The molecule has 1 aromatic rings. The Balaban J connectivity index is 2.79. The maximum Gasteiger partial charge on any atom is 0.255 e. The van der Waals surface area contributed by atoms with Crippen molar-refractivity contribution in [3.63, 3.8) is 0 Å². The molecule has 13 heavy (non-hydrogen) atoms. The Labute approximate surface area is 82.1 Å². The Morgan fingerprint density at radius 3 is 2.46 bits per heavy atom. The second-order valence-electron chi connectivity index (χ2n) is 2.68. The molecule has 0 aliphatic rings. The van der Waals surface area contributed by atoms with E-state index in [4.69, 9.17) is 17.3 Å². The van der Waals surface area contributed by atoms with Crippen molar-refractivity contribution in [1.82, 2.24) is 0 Å². The predicted octanol–water partition coefficient (Wildman–Crippen LogP) is 1.17. The molecule has 0 heterocycles. The highest BCUT2D eigenvalue weighted by molar-refractivity contribution is 6.31. The highest BCUT2D eigenvalue weighted by Crippen LogP contribution is 2.15. The van der Waals surface area contributed by atoms with Gasteiger partial charge in [-0.15, -0.1) is 0 Å². The molecule has 2 N–H and O–H groups in total. The van der Waals surface area contributed by atoms with Gasteiger partial charge < -0.3 is 10.6 Å². The Kier molecular flexibility index (Phi) is 3.14. The van der Waals surface area contributed by atoms with E-state index in [9.17, 15) is 4.79 Å². The van der Waals surface area contributed by atoms with Gasteiger partial charge in [0.2, 0.25) is 0 Å². The van der Waals surface area contributed by atoms with Gasteiger partial charge in [-0.25, -0.2) is 0 Å². The first-order valence-electron chi connectivity index (χ1n) is 3.84. The zero-order valence-electron chi connectivity index (χ0n) is 7.27. The molecule has 0 bridgehead atoms. The number of carbonyl (C=O) groups excluding carboxylic acids is 1. The average molecular weight is 199 g/mol. The van der Waals surface area contributed by atoms with Crippen molar-refractivity contribution >= 4 is 23.2 Å². The Bertz CT molecular complexity index is 289. The molecule has 0 saturated heterocycles. The van der Waals surface area contributed by atoms with Crippen LogP contribution in [0.15, 0.2) is 30.3 Å². The number of primary amides is 1. The van der Waals surface area contributed by atoms with Gasteiger partial charge in [-0.2, -0.15) is 0 Å². The fraction of sp³-hybridized carbons (Fsp3) is 0.222. The number of amides is 1. The van der Waals surface area contributed by atoms with Crippen LogP contribution in [0, 0.1) is 0 Å². The first-order valence-corrected chi connectivity index (χ1v) is 4.28. The van der Waals surface area contributed by atoms with Crippen LogP contribution < -0.4 is 10.6 Å². The summed E-state index contributed by atoms with van der Waals surface area (Å²) in [6.45, 7) is 0. The Morgan fingerprint density at radius 1 is 1.46 bits per heavy atom. The molecule has 1 unspecified atom stereocenters. The quantitative estimate of drug-likeness (QED) is 0.586. The number of hydrogen-bond donors (Lipinski definition) is 1. The molecule has 0 saturated carbocycles. The Morgan fingerprint density at radius 2 is 2.00 bits per heavy atom. The number of likely N-dealkylation sites (N-methyl/N-ethyl adjacent to an activating group) is 1. The highest BCUT2D eigenvalue weighted by Gasteiger charge is 2.16. The van der Waals surface area contributed by atoms with Crippen LogP contribution in [0.4, 0.5) is 5.69 Å². The van der Waals surface area contributed by atoms with Crippen molar-refractivity contribution < 1.29 is 4.79 Å². The lowest BCUT2D eigenvalue weighted by atomic mass is 10.3. The number of hydrogen-bond acceptors (Lipinski definition) is 2. The van der Waals surface area contributed by atoms with Crippen LogP contribution in [-0.4, -0.2) is 18.5 Å². The fourth-order valence-corrected chi connectivity index (χ4v) is 1.10. The van der Waals surface area contributed by atoms with Gasteiger partial charge in [-0.05, 0) is 12.1 Å². The first kappa shape index (κ1) is 9.86. The van der Waals surface area contributed by atoms with E-state index in [1.54, 1.807) is 11.9 Å². The van der Waals surface area contributed by atoms with Crippen molar-refractivity contribution in [3.05, 3.63) is 30.3 Å². The number of para-hydroxylation sites is 1. The van der Waals surface area contributed by atoms with Gasteiger partial charge in [0.15, 0.2) is 5.50 Å². The molecule has 4 heteroatoms. The van der Waals surface area contributed by atoms with Crippen molar-refractivity contribution in [2.24, 2.45) is 5.73 Å². The lowest BCUT2D eigenvalue weighted by Crippen LogP contribution is -2.38. The Hall–Kier alpha value is -1.22. The summed E-state index contributed by atoms with van der Waals surface area (Å²) in [6.07, 6.45) is 0. The van der Waals surface area contributed by atoms with Crippen LogP contribution in [0.5, 0.6) is 0 Å². The maximum atomic E-state index is 10.8. The SMILES string of the molecule is CN(c1ccccc1)C(Cl)C(N)=O. The molecule has 0 aromatic heterocycles. The maximum absolute atomic E-state index is 10.8. The van der Waals surface area contributed by atoms with Crippen LogP contribution >= 0.6 is 11.6 Å². The molecule has 70 valence electrons.